The Morgan fingerprint density at radius 1 is 1.41 bits per heavy atom. The van der Waals surface area contributed by atoms with Crippen LogP contribution < -0.4 is 4.74 Å². The van der Waals surface area contributed by atoms with Crippen molar-refractivity contribution >= 4 is 0 Å². The van der Waals surface area contributed by atoms with Gasteiger partial charge in [0.05, 0.1) is 12.7 Å². The van der Waals surface area contributed by atoms with Gasteiger partial charge in [0.15, 0.2) is 0 Å². The van der Waals surface area contributed by atoms with Gasteiger partial charge in [-0.25, -0.2) is 4.98 Å². The molecule has 0 radical (unpaired) electrons. The second-order valence-electron chi connectivity index (χ2n) is 4.47. The average Bonchev–Trinajstić information content (AvgIpc) is 2.38. The second kappa shape index (κ2) is 4.98. The molecule has 0 aromatic carbocycles. The van der Waals surface area contributed by atoms with Gasteiger partial charge in [0.25, 0.3) is 0 Å². The van der Waals surface area contributed by atoms with Crippen LogP contribution in [0.4, 0.5) is 0 Å². The molecule has 5 heteroatoms. The van der Waals surface area contributed by atoms with Crippen LogP contribution in [0.2, 0.25) is 0 Å². The zero-order valence-corrected chi connectivity index (χ0v) is 10.2. The Kier molecular flexibility index (Phi) is 3.59. The Hall–Kier alpha value is -1.20. The van der Waals surface area contributed by atoms with Crippen LogP contribution in [-0.4, -0.2) is 34.4 Å². The number of ether oxygens (including phenoxy) is 2. The summed E-state index contributed by atoms with van der Waals surface area (Å²) in [4.78, 5) is 8.20. The minimum absolute atomic E-state index is 0.357. The maximum Gasteiger partial charge on any atom is 0.238 e. The fourth-order valence-electron chi connectivity index (χ4n) is 2.14. The van der Waals surface area contributed by atoms with Crippen molar-refractivity contribution in [1.29, 1.82) is 0 Å². The number of methoxy groups -OCH3 is 1. The number of aromatic nitrogens is 2. The number of aliphatic hydroxyl groups excluding tert-OH is 1. The van der Waals surface area contributed by atoms with Crippen molar-refractivity contribution in [1.82, 2.24) is 9.97 Å². The van der Waals surface area contributed by atoms with Crippen LogP contribution in [0.1, 0.15) is 38.0 Å². The third-order valence-electron chi connectivity index (χ3n) is 3.22. The predicted molar refractivity (Wildman–Crippen MR) is 61.8 cm³/mol. The van der Waals surface area contributed by atoms with Gasteiger partial charge in [-0.05, 0) is 26.2 Å². The summed E-state index contributed by atoms with van der Waals surface area (Å²) in [7, 11) is 1.52. The summed E-state index contributed by atoms with van der Waals surface area (Å²) >= 11 is 0. The van der Waals surface area contributed by atoms with Gasteiger partial charge in [-0.3, -0.25) is 4.98 Å². The summed E-state index contributed by atoms with van der Waals surface area (Å²) in [5, 5.41) is 10.4. The van der Waals surface area contributed by atoms with E-state index in [1.807, 2.05) is 6.92 Å². The summed E-state index contributed by atoms with van der Waals surface area (Å²) in [6.45, 7) is 2.58. The Bertz CT molecular complexity index is 378. The van der Waals surface area contributed by atoms with E-state index in [9.17, 15) is 5.11 Å². The lowest BCUT2D eigenvalue weighted by Crippen LogP contribution is -2.39. The third-order valence-corrected chi connectivity index (χ3v) is 3.22. The quantitative estimate of drug-likeness (QED) is 0.864. The predicted octanol–water partition coefficient (Wildman–Crippen LogP) is 1.48. The number of nitrogens with zero attached hydrogens (tertiary/aromatic N) is 2. The lowest BCUT2D eigenvalue weighted by molar-refractivity contribution is -0.140. The zero-order valence-electron chi connectivity index (χ0n) is 10.2. The first-order valence-electron chi connectivity index (χ1n) is 5.84. The van der Waals surface area contributed by atoms with E-state index < -0.39 is 11.7 Å². The van der Waals surface area contributed by atoms with Crippen molar-refractivity contribution in [2.75, 3.05) is 13.7 Å². The molecule has 1 aliphatic rings. The number of aliphatic hydroxyl groups is 1. The summed E-state index contributed by atoms with van der Waals surface area (Å²) in [5.74, 6) is 0.357. The third kappa shape index (κ3) is 2.40. The highest BCUT2D eigenvalue weighted by Gasteiger charge is 2.39. The molecular formula is C12H18N2O3. The Balaban J connectivity index is 2.26. The van der Waals surface area contributed by atoms with E-state index in [1.54, 1.807) is 12.4 Å². The molecule has 5 nitrogen and oxygen atoms in total. The molecule has 2 heterocycles. The highest BCUT2D eigenvalue weighted by Crippen LogP contribution is 2.37. The molecule has 1 saturated heterocycles. The Labute approximate surface area is 101 Å². The van der Waals surface area contributed by atoms with E-state index in [0.717, 1.165) is 19.3 Å². The SMILES string of the molecule is COc1nccnc1C(O)C1(C)CCCCO1. The van der Waals surface area contributed by atoms with Gasteiger partial charge in [-0.2, -0.15) is 0 Å². The molecule has 0 saturated carbocycles. The van der Waals surface area contributed by atoms with Crippen molar-refractivity contribution in [3.63, 3.8) is 0 Å². The van der Waals surface area contributed by atoms with Crippen LogP contribution in [0, 0.1) is 0 Å². The van der Waals surface area contributed by atoms with Gasteiger partial charge in [-0.1, -0.05) is 0 Å². The van der Waals surface area contributed by atoms with Crippen LogP contribution in [-0.2, 0) is 4.74 Å². The van der Waals surface area contributed by atoms with E-state index in [4.69, 9.17) is 9.47 Å². The molecule has 1 aromatic heterocycles. The second-order valence-corrected chi connectivity index (χ2v) is 4.47. The van der Waals surface area contributed by atoms with Gasteiger partial charge < -0.3 is 14.6 Å². The molecular weight excluding hydrogens is 220 g/mol. The van der Waals surface area contributed by atoms with Crippen molar-refractivity contribution < 1.29 is 14.6 Å². The number of hydrogen-bond acceptors (Lipinski definition) is 5. The minimum atomic E-state index is -0.813. The molecule has 2 rings (SSSR count). The monoisotopic (exact) mass is 238 g/mol. The fourth-order valence-corrected chi connectivity index (χ4v) is 2.14. The summed E-state index contributed by atoms with van der Waals surface area (Å²) in [6.07, 6.45) is 5.18. The Morgan fingerprint density at radius 2 is 2.18 bits per heavy atom. The highest BCUT2D eigenvalue weighted by atomic mass is 16.5. The van der Waals surface area contributed by atoms with Crippen molar-refractivity contribution in [2.24, 2.45) is 0 Å². The van der Waals surface area contributed by atoms with Gasteiger partial charge in [0, 0.05) is 19.0 Å². The molecule has 2 atom stereocenters. The normalized spacial score (nSPS) is 26.5. The summed E-state index contributed by atoms with van der Waals surface area (Å²) < 4.78 is 10.8. The highest BCUT2D eigenvalue weighted by molar-refractivity contribution is 5.22. The molecule has 2 unspecified atom stereocenters. The summed E-state index contributed by atoms with van der Waals surface area (Å²) in [6, 6.07) is 0. The Morgan fingerprint density at radius 3 is 2.82 bits per heavy atom. The maximum atomic E-state index is 10.4. The largest absolute Gasteiger partial charge is 0.480 e. The standard InChI is InChI=1S/C12H18N2O3/c1-12(5-3-4-8-17-12)10(15)9-11(16-2)14-7-6-13-9/h6-7,10,15H,3-5,8H2,1-2H3. The van der Waals surface area contributed by atoms with Gasteiger partial charge >= 0.3 is 0 Å². The fraction of sp³-hybridized carbons (Fsp3) is 0.667. The molecule has 1 aliphatic heterocycles. The molecule has 0 aliphatic carbocycles. The maximum absolute atomic E-state index is 10.4. The lowest BCUT2D eigenvalue weighted by atomic mass is 9.88. The molecule has 0 bridgehead atoms. The first kappa shape index (κ1) is 12.3. The topological polar surface area (TPSA) is 64.5 Å². The van der Waals surface area contributed by atoms with E-state index in [2.05, 4.69) is 9.97 Å². The van der Waals surface area contributed by atoms with E-state index >= 15 is 0 Å². The van der Waals surface area contributed by atoms with Gasteiger partial charge in [-0.15, -0.1) is 0 Å². The first-order chi connectivity index (χ1) is 8.17. The molecule has 0 amide bonds. The molecule has 0 spiro atoms. The number of hydrogen-bond donors (Lipinski definition) is 1. The van der Waals surface area contributed by atoms with Crippen LogP contribution in [0.25, 0.3) is 0 Å². The number of rotatable bonds is 3. The van der Waals surface area contributed by atoms with E-state index in [-0.39, 0.29) is 0 Å². The first-order valence-corrected chi connectivity index (χ1v) is 5.84. The minimum Gasteiger partial charge on any atom is -0.480 e. The zero-order chi connectivity index (χ0) is 12.3. The van der Waals surface area contributed by atoms with Crippen LogP contribution in [0.3, 0.4) is 0 Å². The summed E-state index contributed by atoms with van der Waals surface area (Å²) in [5.41, 5.74) is -0.152. The molecule has 1 fully saturated rings. The smallest absolute Gasteiger partial charge is 0.238 e. The van der Waals surface area contributed by atoms with Crippen LogP contribution in [0.15, 0.2) is 12.4 Å². The van der Waals surface area contributed by atoms with Gasteiger partial charge in [0.1, 0.15) is 11.8 Å². The van der Waals surface area contributed by atoms with E-state index in [0.29, 0.717) is 18.2 Å². The molecule has 1 aromatic rings. The van der Waals surface area contributed by atoms with Crippen molar-refractivity contribution in [3.8, 4) is 5.88 Å². The van der Waals surface area contributed by atoms with E-state index in [1.165, 1.54) is 7.11 Å². The van der Waals surface area contributed by atoms with Crippen LogP contribution >= 0.6 is 0 Å². The average molecular weight is 238 g/mol. The van der Waals surface area contributed by atoms with Crippen molar-refractivity contribution in [2.45, 2.75) is 37.9 Å². The van der Waals surface area contributed by atoms with Crippen LogP contribution in [0.5, 0.6) is 5.88 Å². The molecule has 94 valence electrons. The lowest BCUT2D eigenvalue weighted by Gasteiger charge is -2.37. The van der Waals surface area contributed by atoms with Crippen molar-refractivity contribution in [3.05, 3.63) is 18.1 Å². The van der Waals surface area contributed by atoms with Gasteiger partial charge in [0.2, 0.25) is 5.88 Å². The molecule has 17 heavy (non-hydrogen) atoms. The molecule has 1 N–H and O–H groups in total.